The molecule has 1 aliphatic heterocycles. The van der Waals surface area contributed by atoms with E-state index in [4.69, 9.17) is 0 Å². The Bertz CT molecular complexity index is 238. The molecular weight excluding hydrogens is 210 g/mol. The first-order chi connectivity index (χ1) is 7.99. The van der Waals surface area contributed by atoms with Gasteiger partial charge in [0.25, 0.3) is 0 Å². The standard InChI is InChI=1S/C14H29N3/c1-12(2)15-9-13(3)10-16(4)11-14-7-6-8-17(14)5/h12,14-15H,3,6-11H2,1-2,4-5H3. The molecule has 100 valence electrons. The van der Waals surface area contributed by atoms with E-state index in [-0.39, 0.29) is 0 Å². The fraction of sp³-hybridized carbons (Fsp3) is 0.857. The SMILES string of the molecule is C=C(CNC(C)C)CN(C)CC1CCCN1C. The van der Waals surface area contributed by atoms with Crippen LogP contribution in [0.1, 0.15) is 26.7 Å². The summed E-state index contributed by atoms with van der Waals surface area (Å²) < 4.78 is 0. The highest BCUT2D eigenvalue weighted by Gasteiger charge is 2.21. The van der Waals surface area contributed by atoms with E-state index in [0.717, 1.165) is 25.7 Å². The highest BCUT2D eigenvalue weighted by Crippen LogP contribution is 2.15. The van der Waals surface area contributed by atoms with E-state index in [9.17, 15) is 0 Å². The average molecular weight is 239 g/mol. The molecule has 0 radical (unpaired) electrons. The van der Waals surface area contributed by atoms with Crippen molar-refractivity contribution in [1.82, 2.24) is 15.1 Å². The van der Waals surface area contributed by atoms with Crippen molar-refractivity contribution in [2.75, 3.05) is 40.3 Å². The molecule has 1 N–H and O–H groups in total. The summed E-state index contributed by atoms with van der Waals surface area (Å²) in [4.78, 5) is 4.88. The van der Waals surface area contributed by atoms with Crippen molar-refractivity contribution in [1.29, 1.82) is 0 Å². The zero-order valence-electron chi connectivity index (χ0n) is 12.0. The summed E-state index contributed by atoms with van der Waals surface area (Å²) in [6.45, 7) is 12.8. The van der Waals surface area contributed by atoms with Crippen molar-refractivity contribution >= 4 is 0 Å². The van der Waals surface area contributed by atoms with Gasteiger partial charge >= 0.3 is 0 Å². The summed E-state index contributed by atoms with van der Waals surface area (Å²) in [6, 6.07) is 1.28. The molecular formula is C14H29N3. The summed E-state index contributed by atoms with van der Waals surface area (Å²) in [7, 11) is 4.44. The average Bonchev–Trinajstić information content (AvgIpc) is 2.61. The zero-order valence-corrected chi connectivity index (χ0v) is 12.0. The van der Waals surface area contributed by atoms with Gasteiger partial charge in [-0.25, -0.2) is 0 Å². The smallest absolute Gasteiger partial charge is 0.0220 e. The molecule has 1 heterocycles. The monoisotopic (exact) mass is 239 g/mol. The lowest BCUT2D eigenvalue weighted by atomic mass is 10.2. The van der Waals surface area contributed by atoms with Gasteiger partial charge < -0.3 is 15.1 Å². The van der Waals surface area contributed by atoms with Crippen molar-refractivity contribution in [3.05, 3.63) is 12.2 Å². The third-order valence-electron chi connectivity index (χ3n) is 3.45. The Kier molecular flexibility index (Phi) is 6.17. The second-order valence-corrected chi connectivity index (χ2v) is 5.76. The number of likely N-dealkylation sites (tertiary alicyclic amines) is 1. The first kappa shape index (κ1) is 14.7. The maximum Gasteiger partial charge on any atom is 0.0220 e. The van der Waals surface area contributed by atoms with Gasteiger partial charge in [0, 0.05) is 31.7 Å². The molecule has 0 bridgehead atoms. The Morgan fingerprint density at radius 3 is 2.76 bits per heavy atom. The van der Waals surface area contributed by atoms with E-state index in [0.29, 0.717) is 6.04 Å². The lowest BCUT2D eigenvalue weighted by Crippen LogP contribution is -2.38. The van der Waals surface area contributed by atoms with Gasteiger partial charge in [-0.3, -0.25) is 0 Å². The third kappa shape index (κ3) is 5.66. The Morgan fingerprint density at radius 2 is 2.24 bits per heavy atom. The molecule has 1 unspecified atom stereocenters. The zero-order chi connectivity index (χ0) is 12.8. The summed E-state index contributed by atoms with van der Waals surface area (Å²) in [5, 5.41) is 3.42. The highest BCUT2D eigenvalue weighted by molar-refractivity contribution is 5.00. The molecule has 1 rings (SSSR count). The number of rotatable bonds is 7. The summed E-state index contributed by atoms with van der Waals surface area (Å²) in [5.41, 5.74) is 1.28. The van der Waals surface area contributed by atoms with E-state index in [1.807, 2.05) is 0 Å². The van der Waals surface area contributed by atoms with Crippen LogP contribution in [-0.2, 0) is 0 Å². The van der Waals surface area contributed by atoms with Crippen molar-refractivity contribution in [3.8, 4) is 0 Å². The van der Waals surface area contributed by atoms with Gasteiger partial charge in [0.1, 0.15) is 0 Å². The van der Waals surface area contributed by atoms with E-state index in [1.54, 1.807) is 0 Å². The molecule has 17 heavy (non-hydrogen) atoms. The number of hydrogen-bond acceptors (Lipinski definition) is 3. The lowest BCUT2D eigenvalue weighted by Gasteiger charge is -2.26. The van der Waals surface area contributed by atoms with Crippen molar-refractivity contribution in [2.45, 2.75) is 38.8 Å². The molecule has 0 amide bonds. The molecule has 0 aromatic heterocycles. The molecule has 1 saturated heterocycles. The Hall–Kier alpha value is -0.380. The van der Waals surface area contributed by atoms with Crippen LogP contribution in [-0.4, -0.2) is 62.2 Å². The van der Waals surface area contributed by atoms with Crippen LogP contribution < -0.4 is 5.32 Å². The van der Waals surface area contributed by atoms with Gasteiger partial charge in [-0.15, -0.1) is 0 Å². The van der Waals surface area contributed by atoms with Gasteiger partial charge in [-0.05, 0) is 39.1 Å². The van der Waals surface area contributed by atoms with Crippen LogP contribution >= 0.6 is 0 Å². The Morgan fingerprint density at radius 1 is 1.53 bits per heavy atom. The van der Waals surface area contributed by atoms with E-state index >= 15 is 0 Å². The first-order valence-corrected chi connectivity index (χ1v) is 6.78. The minimum atomic E-state index is 0.540. The molecule has 0 saturated carbocycles. The third-order valence-corrected chi connectivity index (χ3v) is 3.45. The van der Waals surface area contributed by atoms with Crippen LogP contribution in [0.3, 0.4) is 0 Å². The molecule has 0 aliphatic carbocycles. The van der Waals surface area contributed by atoms with Gasteiger partial charge in [-0.1, -0.05) is 20.4 Å². The van der Waals surface area contributed by atoms with Gasteiger partial charge in [0.05, 0.1) is 0 Å². The number of nitrogens with one attached hydrogen (secondary N) is 1. The Balaban J connectivity index is 2.19. The van der Waals surface area contributed by atoms with Gasteiger partial charge in [-0.2, -0.15) is 0 Å². The second kappa shape index (κ2) is 7.14. The fourth-order valence-corrected chi connectivity index (χ4v) is 2.42. The number of likely N-dealkylation sites (N-methyl/N-ethyl adjacent to an activating group) is 2. The van der Waals surface area contributed by atoms with Gasteiger partial charge in [0.15, 0.2) is 0 Å². The summed E-state index contributed by atoms with van der Waals surface area (Å²) in [6.07, 6.45) is 2.70. The van der Waals surface area contributed by atoms with Crippen LogP contribution in [0.2, 0.25) is 0 Å². The van der Waals surface area contributed by atoms with Crippen LogP contribution in [0.5, 0.6) is 0 Å². The predicted octanol–water partition coefficient (Wildman–Crippen LogP) is 1.57. The fourth-order valence-electron chi connectivity index (χ4n) is 2.42. The molecule has 1 aliphatic rings. The van der Waals surface area contributed by atoms with Crippen LogP contribution in [0, 0.1) is 0 Å². The Labute approximate surface area is 107 Å². The van der Waals surface area contributed by atoms with Crippen LogP contribution in [0.25, 0.3) is 0 Å². The lowest BCUT2D eigenvalue weighted by molar-refractivity contribution is 0.229. The van der Waals surface area contributed by atoms with Gasteiger partial charge in [0.2, 0.25) is 0 Å². The minimum Gasteiger partial charge on any atom is -0.311 e. The van der Waals surface area contributed by atoms with E-state index in [1.165, 1.54) is 25.0 Å². The minimum absolute atomic E-state index is 0.540. The predicted molar refractivity (Wildman–Crippen MR) is 75.4 cm³/mol. The summed E-state index contributed by atoms with van der Waals surface area (Å²) >= 11 is 0. The number of nitrogens with zero attached hydrogens (tertiary/aromatic N) is 2. The topological polar surface area (TPSA) is 18.5 Å². The van der Waals surface area contributed by atoms with Crippen molar-refractivity contribution in [3.63, 3.8) is 0 Å². The highest BCUT2D eigenvalue weighted by atomic mass is 15.2. The van der Waals surface area contributed by atoms with Crippen LogP contribution in [0.15, 0.2) is 12.2 Å². The van der Waals surface area contributed by atoms with Crippen molar-refractivity contribution in [2.24, 2.45) is 0 Å². The maximum atomic E-state index is 4.14. The van der Waals surface area contributed by atoms with Crippen molar-refractivity contribution < 1.29 is 0 Å². The maximum absolute atomic E-state index is 4.14. The molecule has 1 fully saturated rings. The summed E-state index contributed by atoms with van der Waals surface area (Å²) in [5.74, 6) is 0. The second-order valence-electron chi connectivity index (χ2n) is 5.76. The molecule has 0 aromatic rings. The molecule has 1 atom stereocenters. The van der Waals surface area contributed by atoms with Crippen LogP contribution in [0.4, 0.5) is 0 Å². The van der Waals surface area contributed by atoms with E-state index < -0.39 is 0 Å². The molecule has 3 nitrogen and oxygen atoms in total. The molecule has 3 heteroatoms. The number of hydrogen-bond donors (Lipinski definition) is 1. The quantitative estimate of drug-likeness (QED) is 0.680. The largest absolute Gasteiger partial charge is 0.311 e. The molecule has 0 aromatic carbocycles. The van der Waals surface area contributed by atoms with E-state index in [2.05, 4.69) is 49.6 Å². The first-order valence-electron chi connectivity index (χ1n) is 6.78. The normalized spacial score (nSPS) is 21.6. The molecule has 0 spiro atoms.